The van der Waals surface area contributed by atoms with Crippen molar-refractivity contribution in [2.45, 2.75) is 79.8 Å². The average Bonchev–Trinajstić information content (AvgIpc) is 3.41. The van der Waals surface area contributed by atoms with Crippen molar-refractivity contribution in [1.29, 1.82) is 0 Å². The zero-order valence-electron chi connectivity index (χ0n) is 25.7. The number of nitrogens with zero attached hydrogens (tertiary/aromatic N) is 1. The Balaban J connectivity index is 0.000000340. The second-order valence-corrected chi connectivity index (χ2v) is 14.1. The summed E-state index contributed by atoms with van der Waals surface area (Å²) in [5.74, 6) is 7.44. The molecule has 229 valence electrons. The van der Waals surface area contributed by atoms with E-state index >= 15 is 0 Å². The topological polar surface area (TPSA) is 91.3 Å². The number of sulfonamides is 1. The number of nitrogens with two attached hydrogens (primary N) is 1. The summed E-state index contributed by atoms with van der Waals surface area (Å²) in [6.45, 7) is 15.1. The fourth-order valence-electron chi connectivity index (χ4n) is 6.88. The van der Waals surface area contributed by atoms with E-state index in [0.717, 1.165) is 17.5 Å². The Bertz CT molecular complexity index is 1230. The molecule has 0 aromatic heterocycles. The van der Waals surface area contributed by atoms with Gasteiger partial charge in [0.1, 0.15) is 5.78 Å². The number of hydrogen-bond donors (Lipinski definition) is 1. The van der Waals surface area contributed by atoms with Crippen LogP contribution >= 0.6 is 9.58 Å². The van der Waals surface area contributed by atoms with Gasteiger partial charge in [-0.05, 0) is 59.3 Å². The van der Waals surface area contributed by atoms with Crippen molar-refractivity contribution in [3.63, 3.8) is 0 Å². The molecule has 5 radical (unpaired) electrons. The number of fused-ring (bicyclic) bond motifs is 2. The molecule has 0 saturated heterocycles. The zero-order chi connectivity index (χ0) is 31.5. The molecule has 8 heteroatoms. The van der Waals surface area contributed by atoms with Gasteiger partial charge < -0.3 is 10.5 Å². The normalized spacial score (nSPS) is 26.3. The number of ketones is 1. The first-order valence-corrected chi connectivity index (χ1v) is 19.0. The summed E-state index contributed by atoms with van der Waals surface area (Å²) < 4.78 is 31.0. The third kappa shape index (κ3) is 7.08. The molecule has 5 rings (SSSR count). The molecule has 5 nitrogen and oxygen atoms in total. The first kappa shape index (κ1) is 35.4. The third-order valence-corrected chi connectivity index (χ3v) is 11.7. The minimum atomic E-state index is -3.89. The van der Waals surface area contributed by atoms with Crippen molar-refractivity contribution in [1.82, 2.24) is 0 Å². The van der Waals surface area contributed by atoms with Gasteiger partial charge in [-0.2, -0.15) is 0 Å². The second-order valence-electron chi connectivity index (χ2n) is 12.4. The van der Waals surface area contributed by atoms with Gasteiger partial charge in [-0.1, -0.05) is 121 Å². The van der Waals surface area contributed by atoms with Crippen molar-refractivity contribution in [3.8, 4) is 0 Å². The van der Waals surface area contributed by atoms with Crippen LogP contribution in [0.5, 0.6) is 0 Å². The molecule has 2 bridgehead atoms. The Morgan fingerprint density at radius 3 is 1.67 bits per heavy atom. The van der Waals surface area contributed by atoms with Gasteiger partial charge in [-0.25, -0.2) is 8.42 Å². The van der Waals surface area contributed by atoms with E-state index < -0.39 is 27.5 Å². The van der Waals surface area contributed by atoms with Crippen molar-refractivity contribution in [2.24, 2.45) is 22.5 Å². The van der Waals surface area contributed by atoms with Crippen LogP contribution in [0, 0.1) is 46.3 Å². The van der Waals surface area contributed by atoms with Gasteiger partial charge in [-0.15, -0.1) is 0 Å². The van der Waals surface area contributed by atoms with E-state index in [0.29, 0.717) is 12.8 Å². The molecule has 3 saturated carbocycles. The number of carbonyl (C=O) groups excluding carboxylic acids is 1. The Morgan fingerprint density at radius 2 is 1.29 bits per heavy atom. The van der Waals surface area contributed by atoms with Gasteiger partial charge in [-0.3, -0.25) is 4.79 Å². The van der Waals surface area contributed by atoms with Crippen molar-refractivity contribution >= 4 is 25.4 Å². The van der Waals surface area contributed by atoms with E-state index in [1.807, 2.05) is 74.5 Å². The summed E-state index contributed by atoms with van der Waals surface area (Å²) in [6.07, 6.45) is 2.01. The van der Waals surface area contributed by atoms with Crippen LogP contribution in [0.4, 0.5) is 0 Å². The molecular weight excluding hydrogens is 744 g/mol. The van der Waals surface area contributed by atoms with Crippen molar-refractivity contribution < 1.29 is 31.1 Å². The van der Waals surface area contributed by atoms with Crippen molar-refractivity contribution in [2.75, 3.05) is 5.75 Å². The van der Waals surface area contributed by atoms with Gasteiger partial charge in [0.05, 0.1) is 10.0 Å². The van der Waals surface area contributed by atoms with E-state index in [9.17, 15) is 13.2 Å². The van der Waals surface area contributed by atoms with Crippen LogP contribution < -0.4 is 5.73 Å². The number of benzene rings is 2. The van der Waals surface area contributed by atoms with Gasteiger partial charge >= 0.3 is 27.5 Å². The number of rotatable bonds is 7. The molecule has 4 atom stereocenters. The van der Waals surface area contributed by atoms with Crippen molar-refractivity contribution in [3.05, 3.63) is 106 Å². The van der Waals surface area contributed by atoms with E-state index in [2.05, 4.69) is 48.9 Å². The average molecular weight is 788 g/mol. The number of Topliss-reactive ketones (excluding diaryl/α,β-unsaturated/α-hetero) is 1. The molecule has 2 N–H and O–H groups in total. The maximum atomic E-state index is 13.3. The van der Waals surface area contributed by atoms with Crippen LogP contribution in [-0.2, 0) is 32.7 Å². The van der Waals surface area contributed by atoms with Crippen LogP contribution in [-0.4, -0.2) is 20.0 Å². The summed E-state index contributed by atoms with van der Waals surface area (Å²) in [6, 6.07) is 17.3. The monoisotopic (exact) mass is 788 g/mol. The molecule has 0 spiro atoms. The summed E-state index contributed by atoms with van der Waals surface area (Å²) in [7, 11) is 0.750. The third-order valence-electron chi connectivity index (χ3n) is 10.3. The standard InChI is InChI=1S/C24H29N2O3S.C10H15.ClH.Ir/c1-23(2)19-13-14-24(23,20(27)15-19)16-30(28,29)26-22(18-11-7-4-8-12-18)21(25)17-9-5-3-6-10-17;1-6-7(2)9(4)10(5)8(6)3;;/h3-12,19,21-22H,13-16,25H2,1-2H3;1-5H3;1H;/q-1;;;+3/p-1/t19-,21-,22-,24-;;;/m1.../s1. The molecule has 2 aromatic carbocycles. The van der Waals surface area contributed by atoms with Gasteiger partial charge in [0.2, 0.25) is 0 Å². The van der Waals surface area contributed by atoms with Crippen LogP contribution in [0.15, 0.2) is 60.7 Å². The fourth-order valence-corrected chi connectivity index (χ4v) is 8.85. The maximum absolute atomic E-state index is 13.3. The predicted molar refractivity (Wildman–Crippen MR) is 169 cm³/mol. The molecule has 3 aliphatic rings. The summed E-state index contributed by atoms with van der Waals surface area (Å²) >= 11 is 1.47. The Morgan fingerprint density at radius 1 is 0.857 bits per heavy atom. The Kier molecular flexibility index (Phi) is 12.1. The molecule has 2 aromatic rings. The Hall–Kier alpha value is -1.08. The molecule has 3 fully saturated rings. The van der Waals surface area contributed by atoms with Gasteiger partial charge in [0, 0.05) is 23.6 Å². The van der Waals surface area contributed by atoms with E-state index in [4.69, 9.17) is 5.73 Å². The summed E-state index contributed by atoms with van der Waals surface area (Å²) in [5.41, 5.74) is 6.93. The Labute approximate surface area is 269 Å². The molecule has 42 heavy (non-hydrogen) atoms. The SMILES string of the molecule is CC1(C)[C@@H]2CC[C@@]1(CS(=O)(=O)[N-][C@H](c1ccccc1)[C@H](N)c1ccccc1)C(=O)C2.C[C]1[C](C)[C](C)[C](C)[C]1C.[Cl][Ir+2]. The quantitative estimate of drug-likeness (QED) is 0.307. The van der Waals surface area contributed by atoms with E-state index in [1.54, 1.807) is 0 Å². The second kappa shape index (κ2) is 14.3. The van der Waals surface area contributed by atoms with E-state index in [-0.39, 0.29) is 22.9 Å². The molecule has 0 amide bonds. The minimum absolute atomic E-state index is 0.0751. The van der Waals surface area contributed by atoms with Gasteiger partial charge in [0.15, 0.2) is 0 Å². The number of hydrogen-bond acceptors (Lipinski definition) is 4. The molecule has 3 aliphatic carbocycles. The van der Waals surface area contributed by atoms with Crippen LogP contribution in [0.2, 0.25) is 0 Å². The summed E-state index contributed by atoms with van der Waals surface area (Å²) in [5, 5.41) is 0. The number of carbonyl (C=O) groups is 1. The molecule has 0 heterocycles. The molecule has 0 aliphatic heterocycles. The zero-order valence-corrected chi connectivity index (χ0v) is 29.7. The summed E-state index contributed by atoms with van der Waals surface area (Å²) in [4.78, 5) is 12.8. The van der Waals surface area contributed by atoms with Gasteiger partial charge in [0.25, 0.3) is 0 Å². The predicted octanol–water partition coefficient (Wildman–Crippen LogP) is 8.19. The van der Waals surface area contributed by atoms with Crippen LogP contribution in [0.1, 0.15) is 90.9 Å². The molecule has 0 unspecified atom stereocenters. The van der Waals surface area contributed by atoms with Crippen LogP contribution in [0.25, 0.3) is 4.72 Å². The molecular formula is C34H44ClIrN2O3S+. The van der Waals surface area contributed by atoms with E-state index in [1.165, 1.54) is 47.5 Å². The first-order chi connectivity index (χ1) is 19.7. The number of halogens is 1. The first-order valence-electron chi connectivity index (χ1n) is 14.4. The van der Waals surface area contributed by atoms with Crippen LogP contribution in [0.3, 0.4) is 0 Å². The fraction of sp³-hybridized carbons (Fsp3) is 0.471.